The van der Waals surface area contributed by atoms with Gasteiger partial charge in [-0.05, 0) is 43.6 Å². The Morgan fingerprint density at radius 1 is 1.21 bits per heavy atom. The molecule has 19 heavy (non-hydrogen) atoms. The average molecular weight is 376 g/mol. The summed E-state index contributed by atoms with van der Waals surface area (Å²) in [6.45, 7) is 10.5. The Bertz CT molecular complexity index is 424. The third kappa shape index (κ3) is 4.87. The molecule has 0 saturated carbocycles. The Morgan fingerprint density at radius 2 is 1.84 bits per heavy atom. The smallest absolute Gasteiger partial charge is 0.143 e. The largest absolute Gasteiger partial charge is 0.369 e. The van der Waals surface area contributed by atoms with E-state index in [-0.39, 0.29) is 5.41 Å². The first-order valence-electron chi connectivity index (χ1n) is 6.71. The highest BCUT2D eigenvalue weighted by atomic mass is 127. The van der Waals surface area contributed by atoms with Gasteiger partial charge in [0, 0.05) is 24.9 Å². The number of nitrogens with one attached hydrogen (secondary N) is 1. The van der Waals surface area contributed by atoms with E-state index in [9.17, 15) is 0 Å². The van der Waals surface area contributed by atoms with Crippen molar-refractivity contribution in [1.82, 2.24) is 14.9 Å². The lowest BCUT2D eigenvalue weighted by atomic mass is 9.92. The lowest BCUT2D eigenvalue weighted by molar-refractivity contribution is 0.408. The third-order valence-electron chi connectivity index (χ3n) is 2.73. The van der Waals surface area contributed by atoms with Crippen molar-refractivity contribution in [3.8, 4) is 0 Å². The maximum absolute atomic E-state index is 4.77. The molecule has 0 atom stereocenters. The number of hydrogen-bond acceptors (Lipinski definition) is 4. The zero-order chi connectivity index (χ0) is 14.6. The van der Waals surface area contributed by atoms with E-state index in [1.54, 1.807) is 0 Å². The standard InChI is InChI=1S/C14H25IN4/c1-7-16-13-11(15)12(14(2,3)4)17-10(18-13)8-9-19(5)6/h7-9H2,1-6H3,(H,16,17,18). The maximum atomic E-state index is 4.77. The molecule has 1 rings (SSSR count). The van der Waals surface area contributed by atoms with Crippen molar-refractivity contribution in [2.75, 3.05) is 32.5 Å². The topological polar surface area (TPSA) is 41.1 Å². The first kappa shape index (κ1) is 16.6. The predicted molar refractivity (Wildman–Crippen MR) is 89.9 cm³/mol. The Hall–Kier alpha value is -0.430. The molecule has 0 fully saturated rings. The average Bonchev–Trinajstić information content (AvgIpc) is 2.28. The fourth-order valence-electron chi connectivity index (χ4n) is 1.71. The zero-order valence-corrected chi connectivity index (χ0v) is 15.0. The zero-order valence-electron chi connectivity index (χ0n) is 12.8. The molecule has 0 radical (unpaired) electrons. The highest BCUT2D eigenvalue weighted by molar-refractivity contribution is 14.1. The second kappa shape index (κ2) is 6.83. The molecule has 0 amide bonds. The van der Waals surface area contributed by atoms with Gasteiger partial charge < -0.3 is 10.2 Å². The Kier molecular flexibility index (Phi) is 5.98. The van der Waals surface area contributed by atoms with E-state index in [0.29, 0.717) is 0 Å². The van der Waals surface area contributed by atoms with Crippen LogP contribution in [0.5, 0.6) is 0 Å². The molecule has 1 aromatic heterocycles. The van der Waals surface area contributed by atoms with Crippen molar-refractivity contribution in [3.63, 3.8) is 0 Å². The lowest BCUT2D eigenvalue weighted by Crippen LogP contribution is -2.22. The van der Waals surface area contributed by atoms with Gasteiger partial charge in [0.1, 0.15) is 11.6 Å². The molecule has 0 aliphatic carbocycles. The number of nitrogens with zero attached hydrogens (tertiary/aromatic N) is 3. The first-order valence-corrected chi connectivity index (χ1v) is 7.79. The van der Waals surface area contributed by atoms with E-state index in [2.05, 4.69) is 79.6 Å². The SMILES string of the molecule is CCNc1nc(CCN(C)C)nc(C(C)(C)C)c1I. The van der Waals surface area contributed by atoms with Crippen LogP contribution in [0.2, 0.25) is 0 Å². The summed E-state index contributed by atoms with van der Waals surface area (Å²) in [6.07, 6.45) is 0.880. The van der Waals surface area contributed by atoms with Gasteiger partial charge in [-0.1, -0.05) is 20.8 Å². The van der Waals surface area contributed by atoms with Crippen LogP contribution in [0, 0.1) is 3.57 Å². The summed E-state index contributed by atoms with van der Waals surface area (Å²) in [6, 6.07) is 0. The number of aromatic nitrogens is 2. The second-order valence-electron chi connectivity index (χ2n) is 5.98. The van der Waals surface area contributed by atoms with Crippen LogP contribution in [0.3, 0.4) is 0 Å². The van der Waals surface area contributed by atoms with E-state index < -0.39 is 0 Å². The van der Waals surface area contributed by atoms with Gasteiger partial charge in [0.15, 0.2) is 0 Å². The van der Waals surface area contributed by atoms with Gasteiger partial charge in [-0.25, -0.2) is 9.97 Å². The molecule has 0 unspecified atom stereocenters. The summed E-state index contributed by atoms with van der Waals surface area (Å²) < 4.78 is 1.14. The quantitative estimate of drug-likeness (QED) is 0.803. The fourth-order valence-corrected chi connectivity index (χ4v) is 2.95. The number of halogens is 1. The Morgan fingerprint density at radius 3 is 2.32 bits per heavy atom. The molecule has 0 spiro atoms. The minimum Gasteiger partial charge on any atom is -0.369 e. The fraction of sp³-hybridized carbons (Fsp3) is 0.714. The summed E-state index contributed by atoms with van der Waals surface area (Å²) in [5.74, 6) is 1.90. The van der Waals surface area contributed by atoms with Crippen molar-refractivity contribution in [3.05, 3.63) is 15.1 Å². The minimum absolute atomic E-state index is 0.0382. The van der Waals surface area contributed by atoms with Gasteiger partial charge in [0.05, 0.1) is 9.26 Å². The number of rotatable bonds is 5. The molecule has 0 bridgehead atoms. The minimum atomic E-state index is 0.0382. The van der Waals surface area contributed by atoms with E-state index in [1.807, 2.05) is 0 Å². The summed E-state index contributed by atoms with van der Waals surface area (Å²) in [5.41, 5.74) is 1.17. The predicted octanol–water partition coefficient (Wildman–Crippen LogP) is 2.91. The molecule has 5 heteroatoms. The summed E-state index contributed by atoms with van der Waals surface area (Å²) in [7, 11) is 4.14. The van der Waals surface area contributed by atoms with Crippen LogP contribution in [0.25, 0.3) is 0 Å². The number of anilines is 1. The van der Waals surface area contributed by atoms with E-state index in [4.69, 9.17) is 4.98 Å². The highest BCUT2D eigenvalue weighted by Gasteiger charge is 2.22. The van der Waals surface area contributed by atoms with Crippen LogP contribution < -0.4 is 5.32 Å². The van der Waals surface area contributed by atoms with Crippen LogP contribution in [0.1, 0.15) is 39.2 Å². The third-order valence-corrected chi connectivity index (χ3v) is 3.76. The molecular formula is C14H25IN4. The van der Waals surface area contributed by atoms with Gasteiger partial charge >= 0.3 is 0 Å². The highest BCUT2D eigenvalue weighted by Crippen LogP contribution is 2.29. The van der Waals surface area contributed by atoms with Crippen molar-refractivity contribution in [1.29, 1.82) is 0 Å². The second-order valence-corrected chi connectivity index (χ2v) is 7.06. The molecule has 108 valence electrons. The maximum Gasteiger partial charge on any atom is 0.143 e. The van der Waals surface area contributed by atoms with Gasteiger partial charge in [-0.15, -0.1) is 0 Å². The first-order chi connectivity index (χ1) is 8.75. The lowest BCUT2D eigenvalue weighted by Gasteiger charge is -2.22. The van der Waals surface area contributed by atoms with E-state index >= 15 is 0 Å². The summed E-state index contributed by atoms with van der Waals surface area (Å²) >= 11 is 2.35. The van der Waals surface area contributed by atoms with E-state index in [1.165, 1.54) is 0 Å². The normalized spacial score (nSPS) is 12.0. The molecule has 1 heterocycles. The van der Waals surface area contributed by atoms with Crippen LogP contribution in [0.4, 0.5) is 5.82 Å². The van der Waals surface area contributed by atoms with Crippen LogP contribution in [0.15, 0.2) is 0 Å². The van der Waals surface area contributed by atoms with Crippen molar-refractivity contribution < 1.29 is 0 Å². The van der Waals surface area contributed by atoms with Crippen LogP contribution in [-0.2, 0) is 11.8 Å². The van der Waals surface area contributed by atoms with Gasteiger partial charge in [-0.3, -0.25) is 0 Å². The number of likely N-dealkylation sites (N-methyl/N-ethyl adjacent to an activating group) is 1. The van der Waals surface area contributed by atoms with Crippen molar-refractivity contribution in [2.45, 2.75) is 39.5 Å². The summed E-state index contributed by atoms with van der Waals surface area (Å²) in [5, 5.41) is 3.34. The molecular weight excluding hydrogens is 351 g/mol. The molecule has 1 N–H and O–H groups in total. The molecule has 0 aliphatic rings. The van der Waals surface area contributed by atoms with E-state index in [0.717, 1.165) is 40.4 Å². The summed E-state index contributed by atoms with van der Waals surface area (Å²) in [4.78, 5) is 11.6. The van der Waals surface area contributed by atoms with Crippen molar-refractivity contribution >= 4 is 28.4 Å². The molecule has 0 aromatic carbocycles. The molecule has 0 aliphatic heterocycles. The molecule has 1 aromatic rings. The monoisotopic (exact) mass is 376 g/mol. The van der Waals surface area contributed by atoms with Gasteiger partial charge in [-0.2, -0.15) is 0 Å². The van der Waals surface area contributed by atoms with Crippen molar-refractivity contribution in [2.24, 2.45) is 0 Å². The molecule has 0 saturated heterocycles. The number of hydrogen-bond donors (Lipinski definition) is 1. The molecule has 4 nitrogen and oxygen atoms in total. The van der Waals surface area contributed by atoms with Crippen LogP contribution in [-0.4, -0.2) is 42.1 Å². The Labute approximate surface area is 130 Å². The van der Waals surface area contributed by atoms with Crippen LogP contribution >= 0.6 is 22.6 Å². The van der Waals surface area contributed by atoms with Gasteiger partial charge in [0.25, 0.3) is 0 Å². The Balaban J connectivity index is 3.15. The van der Waals surface area contributed by atoms with Gasteiger partial charge in [0.2, 0.25) is 0 Å².